The summed E-state index contributed by atoms with van der Waals surface area (Å²) in [6.07, 6.45) is 0. The molecule has 1 aromatic carbocycles. The van der Waals surface area contributed by atoms with Crippen LogP contribution in [0.1, 0.15) is 10.4 Å². The zero-order valence-electron chi connectivity index (χ0n) is 14.6. The van der Waals surface area contributed by atoms with Gasteiger partial charge in [-0.3, -0.25) is 4.79 Å². The first-order valence-electron chi connectivity index (χ1n) is 8.45. The summed E-state index contributed by atoms with van der Waals surface area (Å²) in [4.78, 5) is 19.3. The summed E-state index contributed by atoms with van der Waals surface area (Å²) in [5, 5.41) is 0.627. The lowest BCUT2D eigenvalue weighted by Crippen LogP contribution is -2.40. The molecule has 1 saturated heterocycles. The fourth-order valence-corrected chi connectivity index (χ4v) is 2.81. The molecule has 0 unspecified atom stereocenters. The van der Waals surface area contributed by atoms with Gasteiger partial charge in [-0.1, -0.05) is 23.7 Å². The Balaban J connectivity index is 1.93. The van der Waals surface area contributed by atoms with Crippen LogP contribution in [0.5, 0.6) is 5.88 Å². The number of methoxy groups -OCH3 is 1. The summed E-state index contributed by atoms with van der Waals surface area (Å²) >= 11 is 5.99. The second-order valence-corrected chi connectivity index (χ2v) is 6.23. The van der Waals surface area contributed by atoms with Gasteiger partial charge in [0, 0.05) is 36.9 Å². The number of carbonyl (C=O) groups is 1. The number of benzene rings is 1. The molecule has 0 atom stereocenters. The number of morpholine rings is 1. The molecule has 0 saturated carbocycles. The average Bonchev–Trinajstić information content (AvgIpc) is 2.69. The Morgan fingerprint density at radius 2 is 1.88 bits per heavy atom. The van der Waals surface area contributed by atoms with Crippen LogP contribution in [0.25, 0.3) is 11.3 Å². The van der Waals surface area contributed by atoms with Gasteiger partial charge in [-0.25, -0.2) is 4.98 Å². The van der Waals surface area contributed by atoms with Crippen molar-refractivity contribution in [3.63, 3.8) is 0 Å². The van der Waals surface area contributed by atoms with Crippen molar-refractivity contribution in [3.8, 4) is 17.1 Å². The molecular formula is C19H21ClN2O4. The Kier molecular flexibility index (Phi) is 6.44. The van der Waals surface area contributed by atoms with Gasteiger partial charge >= 0.3 is 0 Å². The number of pyridine rings is 1. The van der Waals surface area contributed by atoms with E-state index in [1.807, 2.05) is 12.1 Å². The molecule has 26 heavy (non-hydrogen) atoms. The second kappa shape index (κ2) is 8.98. The lowest BCUT2D eigenvalue weighted by Gasteiger charge is -2.27. The zero-order valence-corrected chi connectivity index (χ0v) is 15.4. The number of rotatable bonds is 6. The maximum atomic E-state index is 13.0. The number of hydrogen-bond acceptors (Lipinski definition) is 5. The molecular weight excluding hydrogens is 356 g/mol. The molecule has 0 bridgehead atoms. The van der Waals surface area contributed by atoms with Gasteiger partial charge in [0.25, 0.3) is 5.91 Å². The van der Waals surface area contributed by atoms with Crippen molar-refractivity contribution in [3.05, 3.63) is 47.0 Å². The first kappa shape index (κ1) is 18.6. The molecule has 1 aliphatic rings. The third-order valence-corrected chi connectivity index (χ3v) is 4.31. The van der Waals surface area contributed by atoms with Crippen LogP contribution in [-0.4, -0.2) is 62.4 Å². The molecule has 138 valence electrons. The molecule has 2 heterocycles. The number of amides is 1. The minimum Gasteiger partial charge on any atom is -0.475 e. The van der Waals surface area contributed by atoms with E-state index in [0.29, 0.717) is 61.7 Å². The Morgan fingerprint density at radius 3 is 2.58 bits per heavy atom. The van der Waals surface area contributed by atoms with Crippen LogP contribution in [0, 0.1) is 0 Å². The number of hydrogen-bond donors (Lipinski definition) is 0. The van der Waals surface area contributed by atoms with E-state index in [1.54, 1.807) is 36.3 Å². The fraction of sp³-hybridized carbons (Fsp3) is 0.368. The Bertz CT molecular complexity index is 746. The van der Waals surface area contributed by atoms with Crippen molar-refractivity contribution < 1.29 is 19.0 Å². The van der Waals surface area contributed by atoms with Crippen molar-refractivity contribution >= 4 is 17.5 Å². The van der Waals surface area contributed by atoms with Gasteiger partial charge < -0.3 is 19.1 Å². The highest BCUT2D eigenvalue weighted by Gasteiger charge is 2.23. The first-order valence-corrected chi connectivity index (χ1v) is 8.82. The van der Waals surface area contributed by atoms with Crippen LogP contribution in [-0.2, 0) is 9.47 Å². The molecule has 0 radical (unpaired) electrons. The number of carbonyl (C=O) groups excluding carboxylic acids is 1. The quantitative estimate of drug-likeness (QED) is 0.725. The van der Waals surface area contributed by atoms with Crippen LogP contribution in [0.4, 0.5) is 0 Å². The average molecular weight is 377 g/mol. The molecule has 0 spiro atoms. The van der Waals surface area contributed by atoms with E-state index in [4.69, 9.17) is 25.8 Å². The monoisotopic (exact) mass is 376 g/mol. The van der Waals surface area contributed by atoms with Crippen molar-refractivity contribution in [2.45, 2.75) is 0 Å². The molecule has 1 amide bonds. The Morgan fingerprint density at radius 1 is 1.15 bits per heavy atom. The Labute approximate surface area is 157 Å². The van der Waals surface area contributed by atoms with E-state index in [9.17, 15) is 4.79 Å². The topological polar surface area (TPSA) is 60.9 Å². The second-order valence-electron chi connectivity index (χ2n) is 5.80. The van der Waals surface area contributed by atoms with E-state index in [0.717, 1.165) is 5.56 Å². The van der Waals surface area contributed by atoms with Crippen LogP contribution in [0.3, 0.4) is 0 Å². The highest BCUT2D eigenvalue weighted by Crippen LogP contribution is 2.27. The van der Waals surface area contributed by atoms with Gasteiger partial charge in [-0.05, 0) is 18.2 Å². The standard InChI is InChI=1S/C19H21ClN2O4/c1-24-12-13-26-17-7-6-16(19(23)22-8-10-25-11-9-22)18(21-17)14-2-4-15(20)5-3-14/h2-7H,8-13H2,1H3. The SMILES string of the molecule is COCCOc1ccc(C(=O)N2CCOCC2)c(-c2ccc(Cl)cc2)n1. The summed E-state index contributed by atoms with van der Waals surface area (Å²) in [5.41, 5.74) is 1.92. The van der Waals surface area contributed by atoms with Gasteiger partial charge in [-0.15, -0.1) is 0 Å². The largest absolute Gasteiger partial charge is 0.475 e. The van der Waals surface area contributed by atoms with Crippen molar-refractivity contribution in [2.24, 2.45) is 0 Å². The molecule has 0 aliphatic carbocycles. The van der Waals surface area contributed by atoms with Crippen molar-refractivity contribution in [1.29, 1.82) is 0 Å². The molecule has 3 rings (SSSR count). The lowest BCUT2D eigenvalue weighted by atomic mass is 10.0. The van der Waals surface area contributed by atoms with E-state index >= 15 is 0 Å². The van der Waals surface area contributed by atoms with Gasteiger partial charge in [0.2, 0.25) is 5.88 Å². The van der Waals surface area contributed by atoms with Gasteiger partial charge in [-0.2, -0.15) is 0 Å². The van der Waals surface area contributed by atoms with Gasteiger partial charge in [0.05, 0.1) is 31.1 Å². The smallest absolute Gasteiger partial charge is 0.256 e. The number of nitrogens with zero attached hydrogens (tertiary/aromatic N) is 2. The predicted molar refractivity (Wildman–Crippen MR) is 98.8 cm³/mol. The summed E-state index contributed by atoms with van der Waals surface area (Å²) < 4.78 is 15.9. The molecule has 1 fully saturated rings. The minimum atomic E-state index is -0.0609. The lowest BCUT2D eigenvalue weighted by molar-refractivity contribution is 0.0303. The molecule has 0 N–H and O–H groups in total. The van der Waals surface area contributed by atoms with Crippen LogP contribution >= 0.6 is 11.6 Å². The van der Waals surface area contributed by atoms with E-state index < -0.39 is 0 Å². The van der Waals surface area contributed by atoms with Gasteiger partial charge in [0.15, 0.2) is 0 Å². The summed E-state index contributed by atoms with van der Waals surface area (Å²) in [6.45, 7) is 3.10. The highest BCUT2D eigenvalue weighted by atomic mass is 35.5. The molecule has 1 aliphatic heterocycles. The van der Waals surface area contributed by atoms with Crippen molar-refractivity contribution in [2.75, 3.05) is 46.6 Å². The van der Waals surface area contributed by atoms with Crippen molar-refractivity contribution in [1.82, 2.24) is 9.88 Å². The maximum absolute atomic E-state index is 13.0. The van der Waals surface area contributed by atoms with E-state index in [-0.39, 0.29) is 5.91 Å². The van der Waals surface area contributed by atoms with Crippen LogP contribution < -0.4 is 4.74 Å². The predicted octanol–water partition coefficient (Wildman–Crippen LogP) is 2.90. The third kappa shape index (κ3) is 4.52. The summed E-state index contributed by atoms with van der Waals surface area (Å²) in [7, 11) is 1.61. The fourth-order valence-electron chi connectivity index (χ4n) is 2.69. The molecule has 7 heteroatoms. The Hall–Kier alpha value is -2.15. The normalized spacial score (nSPS) is 14.3. The van der Waals surface area contributed by atoms with Crippen LogP contribution in [0.2, 0.25) is 5.02 Å². The summed E-state index contributed by atoms with van der Waals surface area (Å²) in [6, 6.07) is 10.7. The molecule has 2 aromatic rings. The number of ether oxygens (including phenoxy) is 3. The van der Waals surface area contributed by atoms with E-state index in [1.165, 1.54) is 0 Å². The maximum Gasteiger partial charge on any atom is 0.256 e. The number of halogens is 1. The molecule has 1 aromatic heterocycles. The highest BCUT2D eigenvalue weighted by molar-refractivity contribution is 6.30. The third-order valence-electron chi connectivity index (χ3n) is 4.05. The van der Waals surface area contributed by atoms with Crippen LogP contribution in [0.15, 0.2) is 36.4 Å². The molecule has 6 nitrogen and oxygen atoms in total. The zero-order chi connectivity index (χ0) is 18.4. The first-order chi connectivity index (χ1) is 12.7. The number of aromatic nitrogens is 1. The minimum absolute atomic E-state index is 0.0609. The summed E-state index contributed by atoms with van der Waals surface area (Å²) in [5.74, 6) is 0.389. The van der Waals surface area contributed by atoms with Gasteiger partial charge in [0.1, 0.15) is 6.61 Å². The van der Waals surface area contributed by atoms with E-state index in [2.05, 4.69) is 4.98 Å².